The number of methoxy groups -OCH3 is 2. The highest BCUT2D eigenvalue weighted by Crippen LogP contribution is 2.19. The van der Waals surface area contributed by atoms with E-state index in [-0.39, 0.29) is 12.2 Å². The van der Waals surface area contributed by atoms with Gasteiger partial charge in [0.2, 0.25) is 0 Å². The zero-order valence-electron chi connectivity index (χ0n) is 12.6. The van der Waals surface area contributed by atoms with Crippen molar-refractivity contribution in [3.8, 4) is 0 Å². The Morgan fingerprint density at radius 3 is 2.65 bits per heavy atom. The lowest BCUT2D eigenvalue weighted by Crippen LogP contribution is -2.27. The first-order chi connectivity index (χ1) is 9.76. The fraction of sp³-hybridized carbons (Fsp3) is 0.786. The largest absolute Gasteiger partial charge is 0.377 e. The standard InChI is InChI=1S/C14H25N3O2S/c1-4-5-15-6-14-16-11(10-20-14)7-17-8-12(18-2)13(9-17)19-3/h10,12-13,15H,4-9H2,1-3H3. The first-order valence-electron chi connectivity index (χ1n) is 7.18. The van der Waals surface area contributed by atoms with E-state index in [1.807, 2.05) is 0 Å². The van der Waals surface area contributed by atoms with Gasteiger partial charge < -0.3 is 14.8 Å². The SMILES string of the molecule is CCCNCc1nc(CN2CC(OC)C(OC)C2)cs1. The number of thiazole rings is 1. The summed E-state index contributed by atoms with van der Waals surface area (Å²) in [5.41, 5.74) is 1.15. The van der Waals surface area contributed by atoms with Crippen molar-refractivity contribution in [1.29, 1.82) is 0 Å². The predicted molar refractivity (Wildman–Crippen MR) is 81.0 cm³/mol. The number of nitrogens with zero attached hydrogens (tertiary/aromatic N) is 2. The highest BCUT2D eigenvalue weighted by molar-refractivity contribution is 7.09. The Labute approximate surface area is 125 Å². The van der Waals surface area contributed by atoms with Gasteiger partial charge in [0.1, 0.15) is 5.01 Å². The molecule has 0 aliphatic carbocycles. The van der Waals surface area contributed by atoms with Crippen LogP contribution in [0.5, 0.6) is 0 Å². The molecule has 1 N–H and O–H groups in total. The van der Waals surface area contributed by atoms with Crippen molar-refractivity contribution in [2.45, 2.75) is 38.6 Å². The second kappa shape index (κ2) is 8.05. The summed E-state index contributed by atoms with van der Waals surface area (Å²) >= 11 is 1.73. The molecule has 0 radical (unpaired) electrons. The number of ether oxygens (including phenoxy) is 2. The number of hydrogen-bond acceptors (Lipinski definition) is 6. The van der Waals surface area contributed by atoms with Crippen LogP contribution < -0.4 is 5.32 Å². The van der Waals surface area contributed by atoms with Crippen molar-refractivity contribution in [3.63, 3.8) is 0 Å². The molecule has 20 heavy (non-hydrogen) atoms. The Hall–Kier alpha value is -0.530. The maximum Gasteiger partial charge on any atom is 0.107 e. The third-order valence-corrected chi connectivity index (χ3v) is 4.48. The molecule has 0 spiro atoms. The maximum absolute atomic E-state index is 5.46. The summed E-state index contributed by atoms with van der Waals surface area (Å²) in [4.78, 5) is 7.03. The quantitative estimate of drug-likeness (QED) is 0.737. The van der Waals surface area contributed by atoms with Crippen LogP contribution in [-0.2, 0) is 22.6 Å². The van der Waals surface area contributed by atoms with E-state index in [0.29, 0.717) is 0 Å². The van der Waals surface area contributed by atoms with E-state index < -0.39 is 0 Å². The van der Waals surface area contributed by atoms with Gasteiger partial charge in [-0.3, -0.25) is 4.90 Å². The van der Waals surface area contributed by atoms with Crippen LogP contribution in [0, 0.1) is 0 Å². The third kappa shape index (κ3) is 4.23. The number of nitrogens with one attached hydrogen (secondary N) is 1. The topological polar surface area (TPSA) is 46.6 Å². The van der Waals surface area contributed by atoms with Crippen LogP contribution in [0.4, 0.5) is 0 Å². The van der Waals surface area contributed by atoms with Gasteiger partial charge >= 0.3 is 0 Å². The molecule has 0 aromatic carbocycles. The minimum Gasteiger partial charge on any atom is -0.377 e. The lowest BCUT2D eigenvalue weighted by Gasteiger charge is -2.13. The molecule has 1 fully saturated rings. The molecule has 1 aromatic rings. The zero-order chi connectivity index (χ0) is 14.4. The Bertz CT molecular complexity index is 388. The van der Waals surface area contributed by atoms with E-state index in [4.69, 9.17) is 9.47 Å². The zero-order valence-corrected chi connectivity index (χ0v) is 13.4. The van der Waals surface area contributed by atoms with E-state index in [9.17, 15) is 0 Å². The van der Waals surface area contributed by atoms with Gasteiger partial charge in [-0.1, -0.05) is 6.92 Å². The average Bonchev–Trinajstić information content (AvgIpc) is 3.06. The molecular formula is C14H25N3O2S. The van der Waals surface area contributed by atoms with Crippen molar-refractivity contribution in [2.24, 2.45) is 0 Å². The molecule has 2 unspecified atom stereocenters. The molecular weight excluding hydrogens is 274 g/mol. The summed E-state index contributed by atoms with van der Waals surface area (Å²) in [6.07, 6.45) is 1.50. The van der Waals surface area contributed by atoms with Crippen LogP contribution in [-0.4, -0.2) is 55.9 Å². The van der Waals surface area contributed by atoms with Gasteiger partial charge in [-0.05, 0) is 13.0 Å². The fourth-order valence-corrected chi connectivity index (χ4v) is 3.26. The second-order valence-corrected chi connectivity index (χ2v) is 6.09. The van der Waals surface area contributed by atoms with Gasteiger partial charge in [0.05, 0.1) is 17.9 Å². The third-order valence-electron chi connectivity index (χ3n) is 3.58. The molecule has 1 aliphatic rings. The summed E-state index contributed by atoms with van der Waals surface area (Å²) in [5, 5.41) is 6.71. The molecule has 114 valence electrons. The Balaban J connectivity index is 1.82. The van der Waals surface area contributed by atoms with Gasteiger partial charge in [-0.25, -0.2) is 4.98 Å². The van der Waals surface area contributed by atoms with Crippen LogP contribution in [0.2, 0.25) is 0 Å². The van der Waals surface area contributed by atoms with E-state index in [0.717, 1.165) is 44.8 Å². The van der Waals surface area contributed by atoms with Crippen LogP contribution in [0.3, 0.4) is 0 Å². The van der Waals surface area contributed by atoms with Crippen molar-refractivity contribution in [1.82, 2.24) is 15.2 Å². The van der Waals surface area contributed by atoms with E-state index in [1.165, 1.54) is 5.01 Å². The van der Waals surface area contributed by atoms with Crippen LogP contribution >= 0.6 is 11.3 Å². The molecule has 6 heteroatoms. The monoisotopic (exact) mass is 299 g/mol. The van der Waals surface area contributed by atoms with E-state index in [1.54, 1.807) is 25.6 Å². The van der Waals surface area contributed by atoms with Crippen molar-refractivity contribution in [3.05, 3.63) is 16.1 Å². The smallest absolute Gasteiger partial charge is 0.107 e. The molecule has 1 aliphatic heterocycles. The molecule has 1 aromatic heterocycles. The maximum atomic E-state index is 5.46. The number of aromatic nitrogens is 1. The van der Waals surface area contributed by atoms with Crippen molar-refractivity contribution in [2.75, 3.05) is 33.9 Å². The van der Waals surface area contributed by atoms with Gasteiger partial charge in [-0.2, -0.15) is 0 Å². The molecule has 0 saturated carbocycles. The highest BCUT2D eigenvalue weighted by Gasteiger charge is 2.32. The van der Waals surface area contributed by atoms with Gasteiger partial charge in [0.15, 0.2) is 0 Å². The fourth-order valence-electron chi connectivity index (χ4n) is 2.50. The minimum absolute atomic E-state index is 0.171. The second-order valence-electron chi connectivity index (χ2n) is 5.15. The number of likely N-dealkylation sites (tertiary alicyclic amines) is 1. The molecule has 0 bridgehead atoms. The minimum atomic E-state index is 0.171. The van der Waals surface area contributed by atoms with Crippen molar-refractivity contribution < 1.29 is 9.47 Å². The molecule has 2 heterocycles. The lowest BCUT2D eigenvalue weighted by molar-refractivity contribution is -0.00461. The summed E-state index contributed by atoms with van der Waals surface area (Å²) in [6, 6.07) is 0. The van der Waals surface area contributed by atoms with E-state index in [2.05, 4.69) is 27.5 Å². The van der Waals surface area contributed by atoms with E-state index >= 15 is 0 Å². The Morgan fingerprint density at radius 1 is 1.35 bits per heavy atom. The highest BCUT2D eigenvalue weighted by atomic mass is 32.1. The number of rotatable bonds is 8. The van der Waals surface area contributed by atoms with Crippen LogP contribution in [0.1, 0.15) is 24.0 Å². The average molecular weight is 299 g/mol. The summed E-state index contributed by atoms with van der Waals surface area (Å²) in [7, 11) is 3.50. The molecule has 1 saturated heterocycles. The molecule has 2 atom stereocenters. The lowest BCUT2D eigenvalue weighted by atomic mass is 10.3. The Kier molecular flexibility index (Phi) is 6.38. The Morgan fingerprint density at radius 2 is 2.05 bits per heavy atom. The molecule has 2 rings (SSSR count). The van der Waals surface area contributed by atoms with Crippen molar-refractivity contribution >= 4 is 11.3 Å². The molecule has 0 amide bonds. The van der Waals surface area contributed by atoms with Gasteiger partial charge in [-0.15, -0.1) is 11.3 Å². The first kappa shape index (κ1) is 15.9. The number of hydrogen-bond donors (Lipinski definition) is 1. The van der Waals surface area contributed by atoms with Gasteiger partial charge in [0, 0.05) is 45.8 Å². The first-order valence-corrected chi connectivity index (χ1v) is 8.06. The normalized spacial score (nSPS) is 23.6. The summed E-state index contributed by atoms with van der Waals surface area (Å²) in [6.45, 7) is 6.80. The summed E-state index contributed by atoms with van der Waals surface area (Å²) < 4.78 is 10.9. The van der Waals surface area contributed by atoms with Crippen LogP contribution in [0.25, 0.3) is 0 Å². The van der Waals surface area contributed by atoms with Gasteiger partial charge in [0.25, 0.3) is 0 Å². The summed E-state index contributed by atoms with van der Waals surface area (Å²) in [5.74, 6) is 0. The van der Waals surface area contributed by atoms with Crippen LogP contribution in [0.15, 0.2) is 5.38 Å². The predicted octanol–water partition coefficient (Wildman–Crippen LogP) is 1.49. The molecule has 5 nitrogen and oxygen atoms in total.